The molecule has 1 aromatic rings. The van der Waals surface area contributed by atoms with Gasteiger partial charge in [0.2, 0.25) is 5.91 Å². The number of carbonyl (C=O) groups excluding carboxylic acids is 1. The summed E-state index contributed by atoms with van der Waals surface area (Å²) in [5, 5.41) is 9.27. The number of carbonyl (C=O) groups is 2. The van der Waals surface area contributed by atoms with E-state index in [4.69, 9.17) is 0 Å². The molecule has 5 heteroatoms. The molecule has 4 rings (SSSR count). The van der Waals surface area contributed by atoms with Gasteiger partial charge in [-0.3, -0.25) is 9.59 Å². The van der Waals surface area contributed by atoms with Crippen molar-refractivity contribution in [3.05, 3.63) is 29.8 Å². The summed E-state index contributed by atoms with van der Waals surface area (Å²) in [6.07, 6.45) is 7.13. The number of piperidine rings is 1. The van der Waals surface area contributed by atoms with Gasteiger partial charge in [-0.05, 0) is 62.0 Å². The van der Waals surface area contributed by atoms with Crippen LogP contribution in [0.5, 0.6) is 0 Å². The van der Waals surface area contributed by atoms with Gasteiger partial charge >= 0.3 is 5.97 Å². The van der Waals surface area contributed by atoms with Crippen LogP contribution >= 0.6 is 0 Å². The molecule has 2 aliphatic heterocycles. The Hall–Kier alpha value is -1.88. The zero-order valence-corrected chi connectivity index (χ0v) is 17.7. The van der Waals surface area contributed by atoms with E-state index in [1.54, 1.807) is 0 Å². The standard InChI is InChI=1S/C24H34N2O3/c1-16(2)17-7-9-18(10-8-17)25-13-11-19(12-14-25)26-22-6-4-3-5-20(22)21(24(26)29)15-23(27)28/h3-6,16-19,21H,7-15H2,1-2H3,(H,27,28). The molecule has 0 radical (unpaired) electrons. The Labute approximate surface area is 174 Å². The highest BCUT2D eigenvalue weighted by molar-refractivity contribution is 6.06. The molecule has 1 saturated heterocycles. The molecule has 2 heterocycles. The summed E-state index contributed by atoms with van der Waals surface area (Å²) in [7, 11) is 0. The van der Waals surface area contributed by atoms with Crippen molar-refractivity contribution >= 4 is 17.6 Å². The lowest BCUT2D eigenvalue weighted by molar-refractivity contribution is -0.139. The summed E-state index contributed by atoms with van der Waals surface area (Å²) in [6, 6.07) is 8.64. The summed E-state index contributed by atoms with van der Waals surface area (Å²) in [6.45, 7) is 6.77. The highest BCUT2D eigenvalue weighted by atomic mass is 16.4. The van der Waals surface area contributed by atoms with Crippen LogP contribution in [0.3, 0.4) is 0 Å². The minimum absolute atomic E-state index is 0.0236. The van der Waals surface area contributed by atoms with E-state index in [1.807, 2.05) is 29.2 Å². The zero-order valence-electron chi connectivity index (χ0n) is 17.7. The van der Waals surface area contributed by atoms with Crippen molar-refractivity contribution < 1.29 is 14.7 Å². The molecule has 0 aromatic heterocycles. The Morgan fingerprint density at radius 2 is 1.69 bits per heavy atom. The molecule has 29 heavy (non-hydrogen) atoms. The number of aliphatic carboxylic acids is 1. The van der Waals surface area contributed by atoms with Crippen LogP contribution in [-0.2, 0) is 9.59 Å². The van der Waals surface area contributed by atoms with Gasteiger partial charge < -0.3 is 14.9 Å². The quantitative estimate of drug-likeness (QED) is 0.805. The van der Waals surface area contributed by atoms with Crippen molar-refractivity contribution in [3.63, 3.8) is 0 Å². The Balaban J connectivity index is 1.40. The number of carboxylic acid groups (broad SMARTS) is 1. The average Bonchev–Trinajstić information content (AvgIpc) is 2.99. The number of anilines is 1. The number of hydrogen-bond donors (Lipinski definition) is 1. The largest absolute Gasteiger partial charge is 0.481 e. The number of fused-ring (bicyclic) bond motifs is 1. The van der Waals surface area contributed by atoms with E-state index in [2.05, 4.69) is 18.7 Å². The SMILES string of the molecule is CC(C)C1CCC(N2CCC(N3C(=O)C(CC(=O)O)c4ccccc43)CC2)CC1. The Morgan fingerprint density at radius 3 is 2.31 bits per heavy atom. The second kappa shape index (κ2) is 8.47. The predicted octanol–water partition coefficient (Wildman–Crippen LogP) is 4.27. The van der Waals surface area contributed by atoms with E-state index >= 15 is 0 Å². The molecule has 0 bridgehead atoms. The topological polar surface area (TPSA) is 60.9 Å². The summed E-state index contributed by atoms with van der Waals surface area (Å²) in [5.41, 5.74) is 1.81. The number of nitrogens with zero attached hydrogens (tertiary/aromatic N) is 2. The van der Waals surface area contributed by atoms with Crippen molar-refractivity contribution in [2.24, 2.45) is 11.8 Å². The van der Waals surface area contributed by atoms with E-state index in [9.17, 15) is 14.7 Å². The lowest BCUT2D eigenvalue weighted by Crippen LogP contribution is -2.50. The number of rotatable bonds is 5. The van der Waals surface area contributed by atoms with Crippen molar-refractivity contribution in [1.29, 1.82) is 0 Å². The van der Waals surface area contributed by atoms with Gasteiger partial charge in [-0.25, -0.2) is 0 Å². The highest BCUT2D eigenvalue weighted by Crippen LogP contribution is 2.42. The number of hydrogen-bond acceptors (Lipinski definition) is 3. The van der Waals surface area contributed by atoms with Gasteiger partial charge in [0.15, 0.2) is 0 Å². The minimum Gasteiger partial charge on any atom is -0.481 e. The van der Waals surface area contributed by atoms with E-state index in [-0.39, 0.29) is 18.4 Å². The molecular formula is C24H34N2O3. The lowest BCUT2D eigenvalue weighted by Gasteiger charge is -2.43. The van der Waals surface area contributed by atoms with Crippen LogP contribution < -0.4 is 4.90 Å². The normalized spacial score (nSPS) is 28.7. The third-order valence-corrected chi connectivity index (χ3v) is 7.55. The Kier molecular flexibility index (Phi) is 5.95. The van der Waals surface area contributed by atoms with Crippen LogP contribution in [0.4, 0.5) is 5.69 Å². The number of para-hydroxylation sites is 1. The molecule has 1 aromatic carbocycles. The fraction of sp³-hybridized carbons (Fsp3) is 0.667. The maximum absolute atomic E-state index is 13.1. The van der Waals surface area contributed by atoms with Crippen molar-refractivity contribution in [1.82, 2.24) is 4.90 Å². The van der Waals surface area contributed by atoms with Crippen LogP contribution in [0.15, 0.2) is 24.3 Å². The van der Waals surface area contributed by atoms with Gasteiger partial charge in [-0.2, -0.15) is 0 Å². The first-order valence-electron chi connectivity index (χ1n) is 11.3. The van der Waals surface area contributed by atoms with Gasteiger partial charge in [0.05, 0.1) is 12.3 Å². The van der Waals surface area contributed by atoms with Crippen LogP contribution in [0.1, 0.15) is 70.3 Å². The molecule has 1 saturated carbocycles. The number of carboxylic acids is 1. The third-order valence-electron chi connectivity index (χ3n) is 7.55. The van der Waals surface area contributed by atoms with Crippen LogP contribution in [-0.4, -0.2) is 47.1 Å². The van der Waals surface area contributed by atoms with Gasteiger partial charge in [-0.1, -0.05) is 32.0 Å². The molecule has 1 amide bonds. The average molecular weight is 399 g/mol. The van der Waals surface area contributed by atoms with Gasteiger partial charge in [-0.15, -0.1) is 0 Å². The first-order valence-corrected chi connectivity index (χ1v) is 11.3. The van der Waals surface area contributed by atoms with Crippen molar-refractivity contribution in [3.8, 4) is 0 Å². The molecule has 5 nitrogen and oxygen atoms in total. The summed E-state index contributed by atoms with van der Waals surface area (Å²) in [4.78, 5) is 29.0. The summed E-state index contributed by atoms with van der Waals surface area (Å²) in [5.74, 6) is 0.208. The number of likely N-dealkylation sites (tertiary alicyclic amines) is 1. The Bertz CT molecular complexity index is 746. The maximum Gasteiger partial charge on any atom is 0.304 e. The minimum atomic E-state index is -0.910. The van der Waals surface area contributed by atoms with Gasteiger partial charge in [0.25, 0.3) is 0 Å². The number of benzene rings is 1. The molecule has 158 valence electrons. The second-order valence-electron chi connectivity index (χ2n) is 9.50. The highest BCUT2D eigenvalue weighted by Gasteiger charge is 2.42. The molecule has 1 N–H and O–H groups in total. The number of amides is 1. The lowest BCUT2D eigenvalue weighted by atomic mass is 9.79. The predicted molar refractivity (Wildman–Crippen MR) is 114 cm³/mol. The van der Waals surface area contributed by atoms with E-state index < -0.39 is 11.9 Å². The van der Waals surface area contributed by atoms with Crippen molar-refractivity contribution in [2.45, 2.75) is 76.8 Å². The van der Waals surface area contributed by atoms with Crippen molar-refractivity contribution in [2.75, 3.05) is 18.0 Å². The summed E-state index contributed by atoms with van der Waals surface area (Å²) < 4.78 is 0. The molecule has 3 aliphatic rings. The first-order chi connectivity index (χ1) is 14.0. The van der Waals surface area contributed by atoms with Crippen LogP contribution in [0.2, 0.25) is 0 Å². The van der Waals surface area contributed by atoms with Crippen LogP contribution in [0, 0.1) is 11.8 Å². The molecule has 1 unspecified atom stereocenters. The Morgan fingerprint density at radius 1 is 1.03 bits per heavy atom. The first kappa shape index (κ1) is 20.4. The fourth-order valence-electron chi connectivity index (χ4n) is 5.81. The molecule has 0 spiro atoms. The van der Waals surface area contributed by atoms with E-state index in [0.29, 0.717) is 6.04 Å². The zero-order chi connectivity index (χ0) is 20.5. The van der Waals surface area contributed by atoms with Gasteiger partial charge in [0.1, 0.15) is 0 Å². The molecule has 1 atom stereocenters. The molecule has 1 aliphatic carbocycles. The summed E-state index contributed by atoms with van der Waals surface area (Å²) >= 11 is 0. The smallest absolute Gasteiger partial charge is 0.304 e. The monoisotopic (exact) mass is 398 g/mol. The fourth-order valence-corrected chi connectivity index (χ4v) is 5.81. The molecule has 2 fully saturated rings. The second-order valence-corrected chi connectivity index (χ2v) is 9.50. The van der Waals surface area contributed by atoms with Crippen LogP contribution in [0.25, 0.3) is 0 Å². The van der Waals surface area contributed by atoms with E-state index in [0.717, 1.165) is 49.0 Å². The maximum atomic E-state index is 13.1. The van der Waals surface area contributed by atoms with E-state index in [1.165, 1.54) is 25.7 Å². The van der Waals surface area contributed by atoms with Gasteiger partial charge in [0, 0.05) is 30.9 Å². The molecular weight excluding hydrogens is 364 g/mol. The third kappa shape index (κ3) is 4.07.